The maximum atomic E-state index is 12.7. The number of hydrogen-bond acceptors (Lipinski definition) is 5. The molecule has 29 heavy (non-hydrogen) atoms. The lowest BCUT2D eigenvalue weighted by atomic mass is 9.66. The topological polar surface area (TPSA) is 80.9 Å². The van der Waals surface area contributed by atoms with Crippen molar-refractivity contribution in [1.29, 1.82) is 0 Å². The molecule has 1 amide bonds. The van der Waals surface area contributed by atoms with Crippen LogP contribution in [0.5, 0.6) is 0 Å². The summed E-state index contributed by atoms with van der Waals surface area (Å²) in [4.78, 5) is 20.4. The van der Waals surface area contributed by atoms with E-state index in [1.165, 1.54) is 12.1 Å². The number of amides is 1. The molecule has 6 nitrogen and oxygen atoms in total. The molecule has 4 rings (SSSR count). The molecule has 2 heterocycles. The van der Waals surface area contributed by atoms with Crippen LogP contribution in [0.3, 0.4) is 0 Å². The number of carbonyl (C=O) groups excluding carboxylic acids is 1. The SMILES string of the molecule is O=C(NCC1(c2ccccn2)CCC1)c1cccc(-c2noc(C(F)(F)F)n2)c1. The molecule has 1 aliphatic carbocycles. The van der Waals surface area contributed by atoms with Crippen LogP contribution < -0.4 is 5.32 Å². The fourth-order valence-corrected chi connectivity index (χ4v) is 3.41. The first kappa shape index (κ1) is 19.1. The van der Waals surface area contributed by atoms with Gasteiger partial charge in [-0.2, -0.15) is 18.2 Å². The number of rotatable bonds is 5. The van der Waals surface area contributed by atoms with Crippen molar-refractivity contribution in [2.75, 3.05) is 6.54 Å². The van der Waals surface area contributed by atoms with Crippen LogP contribution in [-0.2, 0) is 11.6 Å². The van der Waals surface area contributed by atoms with Gasteiger partial charge >= 0.3 is 12.1 Å². The zero-order valence-electron chi connectivity index (χ0n) is 15.2. The van der Waals surface area contributed by atoms with Gasteiger partial charge in [-0.1, -0.05) is 29.8 Å². The van der Waals surface area contributed by atoms with Gasteiger partial charge in [0, 0.05) is 35.0 Å². The highest BCUT2D eigenvalue weighted by molar-refractivity contribution is 5.95. The lowest BCUT2D eigenvalue weighted by molar-refractivity contribution is -0.159. The second-order valence-electron chi connectivity index (χ2n) is 7.03. The van der Waals surface area contributed by atoms with Gasteiger partial charge in [0.1, 0.15) is 0 Å². The second kappa shape index (κ2) is 7.31. The van der Waals surface area contributed by atoms with E-state index in [1.54, 1.807) is 18.3 Å². The fourth-order valence-electron chi connectivity index (χ4n) is 3.41. The molecule has 150 valence electrons. The highest BCUT2D eigenvalue weighted by atomic mass is 19.4. The zero-order valence-corrected chi connectivity index (χ0v) is 15.2. The molecular formula is C20H17F3N4O2. The van der Waals surface area contributed by atoms with Gasteiger partial charge in [0.2, 0.25) is 5.82 Å². The molecule has 1 aliphatic rings. The second-order valence-corrected chi connectivity index (χ2v) is 7.03. The third kappa shape index (κ3) is 3.85. The summed E-state index contributed by atoms with van der Waals surface area (Å²) >= 11 is 0. The van der Waals surface area contributed by atoms with Gasteiger partial charge < -0.3 is 9.84 Å². The summed E-state index contributed by atoms with van der Waals surface area (Å²) in [6, 6.07) is 11.8. The highest BCUT2D eigenvalue weighted by Crippen LogP contribution is 2.42. The van der Waals surface area contributed by atoms with E-state index in [2.05, 4.69) is 25.0 Å². The lowest BCUT2D eigenvalue weighted by Crippen LogP contribution is -2.46. The van der Waals surface area contributed by atoms with E-state index < -0.39 is 12.1 Å². The standard InChI is InChI=1S/C20H17F3N4O2/c21-20(22,23)18-26-16(27-29-18)13-5-3-6-14(11-13)17(28)25-12-19(8-4-9-19)15-7-1-2-10-24-15/h1-3,5-7,10-11H,4,8-9,12H2,(H,25,28). The number of aromatic nitrogens is 3. The third-order valence-corrected chi connectivity index (χ3v) is 5.16. The van der Waals surface area contributed by atoms with Crippen molar-refractivity contribution in [2.45, 2.75) is 30.9 Å². The Morgan fingerprint density at radius 2 is 2.00 bits per heavy atom. The number of nitrogens with zero attached hydrogens (tertiary/aromatic N) is 3. The molecule has 0 atom stereocenters. The van der Waals surface area contributed by atoms with Crippen molar-refractivity contribution < 1.29 is 22.5 Å². The fraction of sp³-hybridized carbons (Fsp3) is 0.300. The summed E-state index contributed by atoms with van der Waals surface area (Å²) in [7, 11) is 0. The number of halogens is 3. The summed E-state index contributed by atoms with van der Waals surface area (Å²) in [5.41, 5.74) is 1.34. The Labute approximate surface area is 164 Å². The molecule has 0 bridgehead atoms. The van der Waals surface area contributed by atoms with Gasteiger partial charge in [0.25, 0.3) is 5.91 Å². The van der Waals surface area contributed by atoms with Crippen LogP contribution in [0.25, 0.3) is 11.4 Å². The number of benzene rings is 1. The lowest BCUT2D eigenvalue weighted by Gasteiger charge is -2.41. The predicted octanol–water partition coefficient (Wildman–Crippen LogP) is 4.00. The molecule has 1 fully saturated rings. The summed E-state index contributed by atoms with van der Waals surface area (Å²) in [5, 5.41) is 6.28. The third-order valence-electron chi connectivity index (χ3n) is 5.16. The Kier molecular flexibility index (Phi) is 4.81. The van der Waals surface area contributed by atoms with Gasteiger partial charge in [-0.15, -0.1) is 0 Å². The molecule has 1 aromatic carbocycles. The molecule has 9 heteroatoms. The van der Waals surface area contributed by atoms with Crippen LogP contribution in [-0.4, -0.2) is 27.6 Å². The molecule has 0 unspecified atom stereocenters. The largest absolute Gasteiger partial charge is 0.471 e. The molecule has 0 spiro atoms. The number of carbonyl (C=O) groups is 1. The van der Waals surface area contributed by atoms with Gasteiger partial charge in [-0.3, -0.25) is 9.78 Å². The molecule has 0 radical (unpaired) electrons. The van der Waals surface area contributed by atoms with Crippen LogP contribution in [0.15, 0.2) is 53.2 Å². The Bertz CT molecular complexity index is 1010. The van der Waals surface area contributed by atoms with E-state index in [4.69, 9.17) is 0 Å². The van der Waals surface area contributed by atoms with E-state index in [1.807, 2.05) is 18.2 Å². The number of nitrogens with one attached hydrogen (secondary N) is 1. The molecule has 3 aromatic rings. The summed E-state index contributed by atoms with van der Waals surface area (Å²) in [6.07, 6.45) is -0.0360. The molecule has 0 aliphatic heterocycles. The van der Waals surface area contributed by atoms with Crippen molar-refractivity contribution >= 4 is 5.91 Å². The van der Waals surface area contributed by atoms with Gasteiger partial charge in [0.05, 0.1) is 0 Å². The van der Waals surface area contributed by atoms with Gasteiger partial charge in [0.15, 0.2) is 0 Å². The number of pyridine rings is 1. The summed E-state index contributed by atoms with van der Waals surface area (Å²) in [5.74, 6) is -1.98. The van der Waals surface area contributed by atoms with E-state index >= 15 is 0 Å². The molecule has 2 aromatic heterocycles. The zero-order chi connectivity index (χ0) is 20.5. The first-order chi connectivity index (χ1) is 13.9. The Morgan fingerprint density at radius 1 is 1.17 bits per heavy atom. The number of hydrogen-bond donors (Lipinski definition) is 1. The molecule has 1 saturated carbocycles. The van der Waals surface area contributed by atoms with Crippen LogP contribution in [0.4, 0.5) is 13.2 Å². The Balaban J connectivity index is 1.48. The van der Waals surface area contributed by atoms with Crippen molar-refractivity contribution in [3.63, 3.8) is 0 Å². The monoisotopic (exact) mass is 402 g/mol. The van der Waals surface area contributed by atoms with E-state index in [9.17, 15) is 18.0 Å². The first-order valence-electron chi connectivity index (χ1n) is 9.08. The van der Waals surface area contributed by atoms with E-state index in [-0.39, 0.29) is 22.7 Å². The minimum Gasteiger partial charge on any atom is -0.351 e. The molecule has 1 N–H and O–H groups in total. The van der Waals surface area contributed by atoms with Crippen molar-refractivity contribution in [1.82, 2.24) is 20.4 Å². The normalized spacial score (nSPS) is 15.6. The molecular weight excluding hydrogens is 385 g/mol. The average molecular weight is 402 g/mol. The maximum absolute atomic E-state index is 12.7. The highest BCUT2D eigenvalue weighted by Gasteiger charge is 2.40. The van der Waals surface area contributed by atoms with E-state index in [0.717, 1.165) is 25.0 Å². The Morgan fingerprint density at radius 3 is 2.62 bits per heavy atom. The maximum Gasteiger partial charge on any atom is 0.471 e. The van der Waals surface area contributed by atoms with Gasteiger partial charge in [-0.05, 0) is 37.1 Å². The quantitative estimate of drug-likeness (QED) is 0.698. The average Bonchev–Trinajstić information content (AvgIpc) is 3.19. The molecule has 0 saturated heterocycles. The van der Waals surface area contributed by atoms with Crippen LogP contribution in [0.1, 0.15) is 41.2 Å². The van der Waals surface area contributed by atoms with Crippen LogP contribution >= 0.6 is 0 Å². The van der Waals surface area contributed by atoms with Crippen LogP contribution in [0.2, 0.25) is 0 Å². The summed E-state index contributed by atoms with van der Waals surface area (Å²) in [6.45, 7) is 0.438. The first-order valence-corrected chi connectivity index (χ1v) is 9.08. The minimum atomic E-state index is -4.72. The van der Waals surface area contributed by atoms with Crippen molar-refractivity contribution in [2.24, 2.45) is 0 Å². The van der Waals surface area contributed by atoms with Crippen molar-refractivity contribution in [3.8, 4) is 11.4 Å². The van der Waals surface area contributed by atoms with Crippen LogP contribution in [0, 0.1) is 0 Å². The predicted molar refractivity (Wildman–Crippen MR) is 96.8 cm³/mol. The number of alkyl halides is 3. The summed E-state index contributed by atoms with van der Waals surface area (Å²) < 4.78 is 42.2. The van der Waals surface area contributed by atoms with E-state index in [0.29, 0.717) is 12.1 Å². The smallest absolute Gasteiger partial charge is 0.351 e. The minimum absolute atomic E-state index is 0.177. The van der Waals surface area contributed by atoms with Crippen molar-refractivity contribution in [3.05, 3.63) is 65.8 Å². The Hall–Kier alpha value is -3.23. The van der Waals surface area contributed by atoms with Gasteiger partial charge in [-0.25, -0.2) is 0 Å².